The Labute approximate surface area is 122 Å². The van der Waals surface area contributed by atoms with Crippen LogP contribution in [0.1, 0.15) is 23.4 Å². The number of rotatable bonds is 2. The molecule has 0 radical (unpaired) electrons. The van der Waals surface area contributed by atoms with E-state index in [1.165, 1.54) is 6.07 Å². The highest BCUT2D eigenvalue weighted by molar-refractivity contribution is 5.93. The number of hydrogen-bond donors (Lipinski definition) is 1. The van der Waals surface area contributed by atoms with E-state index < -0.39 is 0 Å². The van der Waals surface area contributed by atoms with Gasteiger partial charge in [0.05, 0.1) is 5.39 Å². The summed E-state index contributed by atoms with van der Waals surface area (Å²) in [4.78, 5) is 26.3. The molecule has 1 amide bonds. The van der Waals surface area contributed by atoms with Gasteiger partial charge in [0.2, 0.25) is 0 Å². The van der Waals surface area contributed by atoms with Gasteiger partial charge in [-0.1, -0.05) is 12.1 Å². The average molecular weight is 286 g/mol. The highest BCUT2D eigenvalue weighted by Gasteiger charge is 2.25. The molecule has 1 aliphatic heterocycles. The van der Waals surface area contributed by atoms with Gasteiger partial charge >= 0.3 is 0 Å². The Hall–Kier alpha value is -2.14. The van der Waals surface area contributed by atoms with Crippen molar-refractivity contribution in [1.29, 1.82) is 0 Å². The Morgan fingerprint density at radius 1 is 1.38 bits per heavy atom. The summed E-state index contributed by atoms with van der Waals surface area (Å²) >= 11 is 0. The summed E-state index contributed by atoms with van der Waals surface area (Å²) in [6, 6.07) is 8.58. The normalized spacial score (nSPS) is 18.9. The van der Waals surface area contributed by atoms with E-state index in [0.29, 0.717) is 30.1 Å². The van der Waals surface area contributed by atoms with Gasteiger partial charge in [-0.25, -0.2) is 0 Å². The third-order valence-corrected chi connectivity index (χ3v) is 3.96. The van der Waals surface area contributed by atoms with Crippen LogP contribution in [0.2, 0.25) is 0 Å². The Balaban J connectivity index is 1.93. The predicted molar refractivity (Wildman–Crippen MR) is 80.5 cm³/mol. The summed E-state index contributed by atoms with van der Waals surface area (Å²) in [5.74, 6) is -0.0896. The van der Waals surface area contributed by atoms with Crippen LogP contribution < -0.4 is 10.7 Å². The Kier molecular flexibility index (Phi) is 3.75. The zero-order chi connectivity index (χ0) is 14.8. The Morgan fingerprint density at radius 2 is 2.19 bits per heavy atom. The molecular formula is C16H18N2O3. The van der Waals surface area contributed by atoms with Crippen LogP contribution >= 0.6 is 0 Å². The minimum Gasteiger partial charge on any atom is -0.451 e. The van der Waals surface area contributed by atoms with Crippen LogP contribution in [0.15, 0.2) is 39.5 Å². The fourth-order valence-corrected chi connectivity index (χ4v) is 2.76. The predicted octanol–water partition coefficient (Wildman–Crippen LogP) is 1.62. The van der Waals surface area contributed by atoms with Gasteiger partial charge in [0.1, 0.15) is 5.58 Å². The van der Waals surface area contributed by atoms with Gasteiger partial charge in [0.25, 0.3) is 5.91 Å². The largest absolute Gasteiger partial charge is 0.451 e. The van der Waals surface area contributed by atoms with Crippen LogP contribution in [0.5, 0.6) is 0 Å². The van der Waals surface area contributed by atoms with Crippen molar-refractivity contribution < 1.29 is 9.21 Å². The highest BCUT2D eigenvalue weighted by Crippen LogP contribution is 2.16. The molecule has 1 saturated heterocycles. The van der Waals surface area contributed by atoms with Gasteiger partial charge in [0.15, 0.2) is 11.2 Å². The van der Waals surface area contributed by atoms with Gasteiger partial charge in [-0.3, -0.25) is 9.59 Å². The number of fused-ring (bicyclic) bond motifs is 1. The van der Waals surface area contributed by atoms with E-state index in [9.17, 15) is 9.59 Å². The van der Waals surface area contributed by atoms with Crippen LogP contribution in [0.4, 0.5) is 0 Å². The first kappa shape index (κ1) is 13.8. The number of carbonyl (C=O) groups is 1. The second kappa shape index (κ2) is 5.69. The minimum absolute atomic E-state index is 0.121. The van der Waals surface area contributed by atoms with Crippen molar-refractivity contribution in [2.24, 2.45) is 0 Å². The summed E-state index contributed by atoms with van der Waals surface area (Å²) in [6.45, 7) is 1.35. The van der Waals surface area contributed by atoms with Gasteiger partial charge in [-0.05, 0) is 32.0 Å². The first-order valence-corrected chi connectivity index (χ1v) is 7.18. The molecule has 1 N–H and O–H groups in total. The zero-order valence-electron chi connectivity index (χ0n) is 12.0. The van der Waals surface area contributed by atoms with Crippen molar-refractivity contribution in [2.75, 3.05) is 20.1 Å². The number of nitrogens with one attached hydrogen (secondary N) is 1. The molecule has 2 heterocycles. The third-order valence-electron chi connectivity index (χ3n) is 3.96. The van der Waals surface area contributed by atoms with Gasteiger partial charge < -0.3 is 14.6 Å². The molecule has 0 spiro atoms. The lowest BCUT2D eigenvalue weighted by molar-refractivity contribution is 0.0666. The van der Waals surface area contributed by atoms with E-state index in [0.717, 1.165) is 12.8 Å². The van der Waals surface area contributed by atoms with Crippen molar-refractivity contribution in [3.63, 3.8) is 0 Å². The molecule has 0 saturated carbocycles. The second-order valence-electron chi connectivity index (χ2n) is 5.35. The third kappa shape index (κ3) is 2.69. The molecule has 0 bridgehead atoms. The van der Waals surface area contributed by atoms with E-state index in [1.807, 2.05) is 7.05 Å². The van der Waals surface area contributed by atoms with Gasteiger partial charge in [-0.15, -0.1) is 0 Å². The molecule has 5 nitrogen and oxygen atoms in total. The maximum atomic E-state index is 12.5. The van der Waals surface area contributed by atoms with Gasteiger partial charge in [-0.2, -0.15) is 0 Å². The first-order chi connectivity index (χ1) is 10.2. The Bertz CT molecular complexity index is 723. The molecule has 0 aliphatic carbocycles. The number of amides is 1. The van der Waals surface area contributed by atoms with Crippen molar-refractivity contribution in [3.8, 4) is 0 Å². The van der Waals surface area contributed by atoms with Crippen molar-refractivity contribution in [2.45, 2.75) is 18.9 Å². The molecule has 5 heteroatoms. The van der Waals surface area contributed by atoms with Gasteiger partial charge in [0, 0.05) is 25.2 Å². The SMILES string of the molecule is CNC1CCCN(C(=O)c2cc(=O)c3ccccc3o2)C1. The summed E-state index contributed by atoms with van der Waals surface area (Å²) in [6.07, 6.45) is 2.01. The number of carbonyl (C=O) groups excluding carboxylic acids is 1. The molecule has 1 unspecified atom stereocenters. The zero-order valence-corrected chi connectivity index (χ0v) is 12.0. The van der Waals surface area contributed by atoms with Crippen LogP contribution in [0, 0.1) is 0 Å². The van der Waals surface area contributed by atoms with E-state index in [-0.39, 0.29) is 17.1 Å². The average Bonchev–Trinajstić information content (AvgIpc) is 2.54. The molecule has 1 fully saturated rings. The monoisotopic (exact) mass is 286 g/mol. The second-order valence-corrected chi connectivity index (χ2v) is 5.35. The van der Waals surface area contributed by atoms with Crippen LogP contribution in [0.25, 0.3) is 11.0 Å². The van der Waals surface area contributed by atoms with Crippen molar-refractivity contribution in [1.82, 2.24) is 10.2 Å². The fraction of sp³-hybridized carbons (Fsp3) is 0.375. The lowest BCUT2D eigenvalue weighted by Gasteiger charge is -2.32. The lowest BCUT2D eigenvalue weighted by atomic mass is 10.1. The van der Waals surface area contributed by atoms with E-state index in [1.54, 1.807) is 29.2 Å². The first-order valence-electron chi connectivity index (χ1n) is 7.18. The quantitative estimate of drug-likeness (QED) is 0.911. The molecular weight excluding hydrogens is 268 g/mol. The molecule has 3 rings (SSSR count). The van der Waals surface area contributed by atoms with Crippen molar-refractivity contribution in [3.05, 3.63) is 46.3 Å². The number of benzene rings is 1. The standard InChI is InChI=1S/C16H18N2O3/c1-17-11-5-4-8-18(10-11)16(20)15-9-13(19)12-6-2-3-7-14(12)21-15/h2-3,6-7,9,11,17H,4-5,8,10H2,1H3. The summed E-state index contributed by atoms with van der Waals surface area (Å²) in [5.41, 5.74) is 0.276. The minimum atomic E-state index is -0.210. The highest BCUT2D eigenvalue weighted by atomic mass is 16.3. The number of likely N-dealkylation sites (tertiary alicyclic amines) is 1. The molecule has 2 aromatic rings. The molecule has 1 aromatic carbocycles. The van der Waals surface area contributed by atoms with Crippen LogP contribution in [0.3, 0.4) is 0 Å². The van der Waals surface area contributed by atoms with Crippen LogP contribution in [-0.4, -0.2) is 37.0 Å². The molecule has 110 valence electrons. The maximum absolute atomic E-state index is 12.5. The molecule has 1 atom stereocenters. The lowest BCUT2D eigenvalue weighted by Crippen LogP contribution is -2.47. The van der Waals surface area contributed by atoms with Crippen LogP contribution in [-0.2, 0) is 0 Å². The van der Waals surface area contributed by atoms with E-state index in [4.69, 9.17) is 4.42 Å². The summed E-state index contributed by atoms with van der Waals surface area (Å²) in [5, 5.41) is 3.70. The molecule has 21 heavy (non-hydrogen) atoms. The number of likely N-dealkylation sites (N-methyl/N-ethyl adjacent to an activating group) is 1. The maximum Gasteiger partial charge on any atom is 0.289 e. The van der Waals surface area contributed by atoms with E-state index >= 15 is 0 Å². The summed E-state index contributed by atoms with van der Waals surface area (Å²) in [7, 11) is 1.90. The molecule has 1 aromatic heterocycles. The fourth-order valence-electron chi connectivity index (χ4n) is 2.76. The Morgan fingerprint density at radius 3 is 3.00 bits per heavy atom. The topological polar surface area (TPSA) is 62.6 Å². The smallest absolute Gasteiger partial charge is 0.289 e. The number of para-hydroxylation sites is 1. The number of piperidine rings is 1. The number of nitrogens with zero attached hydrogens (tertiary/aromatic N) is 1. The summed E-state index contributed by atoms with van der Waals surface area (Å²) < 4.78 is 5.61. The van der Waals surface area contributed by atoms with Crippen molar-refractivity contribution >= 4 is 16.9 Å². The van der Waals surface area contributed by atoms with E-state index in [2.05, 4.69) is 5.32 Å². The molecule has 1 aliphatic rings. The number of hydrogen-bond acceptors (Lipinski definition) is 4.